The number of rotatable bonds is 7. The van der Waals surface area contributed by atoms with Crippen LogP contribution in [-0.4, -0.2) is 38.2 Å². The number of benzene rings is 2. The number of carbonyl (C=O) groups is 1. The summed E-state index contributed by atoms with van der Waals surface area (Å²) in [5, 5.41) is 0. The zero-order chi connectivity index (χ0) is 15.8. The fourth-order valence-corrected chi connectivity index (χ4v) is 2.08. The summed E-state index contributed by atoms with van der Waals surface area (Å²) in [4.78, 5) is 14.0. The van der Waals surface area contributed by atoms with Gasteiger partial charge in [0.2, 0.25) is 0 Å². The van der Waals surface area contributed by atoms with Crippen molar-refractivity contribution in [1.29, 1.82) is 0 Å². The van der Waals surface area contributed by atoms with E-state index in [4.69, 9.17) is 9.47 Å². The maximum Gasteiger partial charge on any atom is 0.338 e. The normalized spacial score (nSPS) is 10.0. The molecule has 0 aliphatic rings. The molecule has 2 aromatic carbocycles. The molecule has 0 heterocycles. The van der Waals surface area contributed by atoms with Crippen LogP contribution in [0.25, 0.3) is 0 Å². The van der Waals surface area contributed by atoms with Crippen LogP contribution in [0.5, 0.6) is 5.75 Å². The lowest BCUT2D eigenvalue weighted by molar-refractivity contribution is 0.0470. The molecule has 0 unspecified atom stereocenters. The Kier molecular flexibility index (Phi) is 8.16. The molecule has 0 aliphatic carbocycles. The van der Waals surface area contributed by atoms with Gasteiger partial charge in [0.05, 0.1) is 12.7 Å². The lowest BCUT2D eigenvalue weighted by Gasteiger charge is -2.16. The molecule has 4 nitrogen and oxygen atoms in total. The van der Waals surface area contributed by atoms with Crippen LogP contribution in [0.4, 0.5) is 0 Å². The maximum absolute atomic E-state index is 11.9. The fourth-order valence-electron chi connectivity index (χ4n) is 2.08. The van der Waals surface area contributed by atoms with Gasteiger partial charge in [-0.25, -0.2) is 4.79 Å². The van der Waals surface area contributed by atoms with Crippen molar-refractivity contribution >= 4 is 18.4 Å². The van der Waals surface area contributed by atoms with Crippen LogP contribution in [-0.2, 0) is 11.3 Å². The van der Waals surface area contributed by atoms with Gasteiger partial charge in [-0.1, -0.05) is 30.3 Å². The minimum atomic E-state index is -0.309. The molecule has 0 amide bonds. The molecule has 0 radical (unpaired) electrons. The Balaban J connectivity index is 0.00000264. The van der Waals surface area contributed by atoms with E-state index in [-0.39, 0.29) is 18.4 Å². The molecule has 23 heavy (non-hydrogen) atoms. The molecular weight excluding hydrogens is 314 g/mol. The molecule has 0 saturated carbocycles. The molecule has 0 saturated heterocycles. The number of halogens is 1. The molecule has 0 aromatic heterocycles. The van der Waals surface area contributed by atoms with E-state index >= 15 is 0 Å². The topological polar surface area (TPSA) is 38.8 Å². The first-order valence-corrected chi connectivity index (χ1v) is 7.22. The van der Waals surface area contributed by atoms with Crippen molar-refractivity contribution in [3.63, 3.8) is 0 Å². The largest absolute Gasteiger partial charge is 0.497 e. The Hall–Kier alpha value is -2.04. The fraction of sp³-hybridized carbons (Fsp3) is 0.278. The Morgan fingerprint density at radius 2 is 1.70 bits per heavy atom. The quantitative estimate of drug-likeness (QED) is 0.727. The Labute approximate surface area is 143 Å². The summed E-state index contributed by atoms with van der Waals surface area (Å²) in [6.07, 6.45) is 0. The van der Waals surface area contributed by atoms with Gasteiger partial charge in [-0.3, -0.25) is 4.90 Å². The SMILES string of the molecule is COc1ccc(C(=O)OCCN(C)Cc2ccccc2)cc1.Cl. The average Bonchev–Trinajstić information content (AvgIpc) is 2.55. The van der Waals surface area contributed by atoms with E-state index in [9.17, 15) is 4.79 Å². The Morgan fingerprint density at radius 3 is 2.30 bits per heavy atom. The second kappa shape index (κ2) is 9.87. The summed E-state index contributed by atoms with van der Waals surface area (Å²) in [5.41, 5.74) is 1.78. The highest BCUT2D eigenvalue weighted by molar-refractivity contribution is 5.89. The summed E-state index contributed by atoms with van der Waals surface area (Å²) >= 11 is 0. The summed E-state index contributed by atoms with van der Waals surface area (Å²) in [5.74, 6) is 0.412. The van der Waals surface area contributed by atoms with E-state index in [1.807, 2.05) is 25.2 Å². The van der Waals surface area contributed by atoms with Gasteiger partial charge in [-0.05, 0) is 36.9 Å². The number of likely N-dealkylation sites (N-methyl/N-ethyl adjacent to an activating group) is 1. The minimum absolute atomic E-state index is 0. The summed E-state index contributed by atoms with van der Waals surface area (Å²) in [7, 11) is 3.60. The van der Waals surface area contributed by atoms with Gasteiger partial charge in [-0.2, -0.15) is 0 Å². The van der Waals surface area contributed by atoms with Crippen LogP contribution in [0.2, 0.25) is 0 Å². The van der Waals surface area contributed by atoms with Crippen LogP contribution in [0, 0.1) is 0 Å². The predicted octanol–water partition coefficient (Wildman–Crippen LogP) is 3.41. The maximum atomic E-state index is 11.9. The average molecular weight is 336 g/mol. The molecule has 0 fully saturated rings. The second-order valence-electron chi connectivity index (χ2n) is 5.09. The van der Waals surface area contributed by atoms with E-state index in [1.165, 1.54) is 5.56 Å². The third kappa shape index (κ3) is 6.30. The monoisotopic (exact) mass is 335 g/mol. The third-order valence-corrected chi connectivity index (χ3v) is 3.33. The molecule has 0 atom stereocenters. The smallest absolute Gasteiger partial charge is 0.338 e. The molecule has 0 spiro atoms. The van der Waals surface area contributed by atoms with Gasteiger partial charge in [-0.15, -0.1) is 12.4 Å². The van der Waals surface area contributed by atoms with Crippen molar-refractivity contribution in [3.05, 3.63) is 65.7 Å². The first-order valence-electron chi connectivity index (χ1n) is 7.22. The summed E-state index contributed by atoms with van der Waals surface area (Å²) in [6, 6.07) is 17.1. The van der Waals surface area contributed by atoms with Crippen molar-refractivity contribution in [2.75, 3.05) is 27.3 Å². The van der Waals surface area contributed by atoms with Crippen molar-refractivity contribution in [2.24, 2.45) is 0 Å². The molecule has 0 N–H and O–H groups in total. The van der Waals surface area contributed by atoms with Crippen LogP contribution in [0.3, 0.4) is 0 Å². The highest BCUT2D eigenvalue weighted by Crippen LogP contribution is 2.12. The molecule has 2 aromatic rings. The van der Waals surface area contributed by atoms with Gasteiger partial charge < -0.3 is 9.47 Å². The molecular formula is C18H22ClNO3. The molecule has 5 heteroatoms. The number of hydrogen-bond donors (Lipinski definition) is 0. The highest BCUT2D eigenvalue weighted by Gasteiger charge is 2.08. The van der Waals surface area contributed by atoms with Crippen molar-refractivity contribution in [2.45, 2.75) is 6.54 Å². The van der Waals surface area contributed by atoms with Crippen LogP contribution in [0.1, 0.15) is 15.9 Å². The van der Waals surface area contributed by atoms with E-state index in [2.05, 4.69) is 17.0 Å². The number of ether oxygens (including phenoxy) is 2. The zero-order valence-electron chi connectivity index (χ0n) is 13.4. The van der Waals surface area contributed by atoms with E-state index < -0.39 is 0 Å². The third-order valence-electron chi connectivity index (χ3n) is 3.33. The lowest BCUT2D eigenvalue weighted by atomic mass is 10.2. The molecule has 0 aliphatic heterocycles. The van der Waals surface area contributed by atoms with E-state index in [1.54, 1.807) is 31.4 Å². The van der Waals surface area contributed by atoms with Gasteiger partial charge in [0.1, 0.15) is 12.4 Å². The van der Waals surface area contributed by atoms with Crippen molar-refractivity contribution in [3.8, 4) is 5.75 Å². The Bertz CT molecular complexity index is 587. The van der Waals surface area contributed by atoms with E-state index in [0.717, 1.165) is 12.3 Å². The second-order valence-corrected chi connectivity index (χ2v) is 5.09. The van der Waals surface area contributed by atoms with Crippen LogP contribution in [0.15, 0.2) is 54.6 Å². The zero-order valence-corrected chi connectivity index (χ0v) is 14.2. The summed E-state index contributed by atoms with van der Waals surface area (Å²) < 4.78 is 10.3. The molecule has 124 valence electrons. The lowest BCUT2D eigenvalue weighted by Crippen LogP contribution is -2.24. The number of hydrogen-bond acceptors (Lipinski definition) is 4. The first-order chi connectivity index (χ1) is 10.7. The van der Waals surface area contributed by atoms with Gasteiger partial charge in [0.25, 0.3) is 0 Å². The number of esters is 1. The van der Waals surface area contributed by atoms with E-state index in [0.29, 0.717) is 18.7 Å². The molecule has 0 bridgehead atoms. The standard InChI is InChI=1S/C18H21NO3.ClH/c1-19(14-15-6-4-3-5-7-15)12-13-22-18(20)16-8-10-17(21-2)11-9-16;/h3-11H,12-14H2,1-2H3;1H. The van der Waals surface area contributed by atoms with Crippen LogP contribution >= 0.6 is 12.4 Å². The molecule has 2 rings (SSSR count). The Morgan fingerprint density at radius 1 is 1.04 bits per heavy atom. The number of methoxy groups -OCH3 is 1. The van der Waals surface area contributed by atoms with Crippen LogP contribution < -0.4 is 4.74 Å². The minimum Gasteiger partial charge on any atom is -0.497 e. The van der Waals surface area contributed by atoms with Gasteiger partial charge in [0, 0.05) is 13.1 Å². The highest BCUT2D eigenvalue weighted by atomic mass is 35.5. The number of nitrogens with zero attached hydrogens (tertiary/aromatic N) is 1. The predicted molar refractivity (Wildman–Crippen MR) is 93.3 cm³/mol. The number of carbonyl (C=O) groups excluding carboxylic acids is 1. The van der Waals surface area contributed by atoms with Gasteiger partial charge in [0.15, 0.2) is 0 Å². The summed E-state index contributed by atoms with van der Waals surface area (Å²) in [6.45, 7) is 1.89. The van der Waals surface area contributed by atoms with Crippen molar-refractivity contribution < 1.29 is 14.3 Å². The van der Waals surface area contributed by atoms with Gasteiger partial charge >= 0.3 is 5.97 Å². The first kappa shape index (κ1) is 19.0. The van der Waals surface area contributed by atoms with Crippen molar-refractivity contribution in [1.82, 2.24) is 4.90 Å².